The maximum absolute atomic E-state index is 13.2. The first-order valence-corrected chi connectivity index (χ1v) is 9.35. The van der Waals surface area contributed by atoms with Gasteiger partial charge in [0, 0.05) is 24.1 Å². The third-order valence-electron chi connectivity index (χ3n) is 5.24. The first kappa shape index (κ1) is 18.6. The summed E-state index contributed by atoms with van der Waals surface area (Å²) in [5, 5.41) is 0.568. The molecule has 2 aliphatic rings. The minimum absolute atomic E-state index is 0.150. The molecule has 2 aliphatic heterocycles. The van der Waals surface area contributed by atoms with Crippen LogP contribution in [0.25, 0.3) is 11.1 Å². The molecule has 2 heterocycles. The minimum atomic E-state index is -1.09. The van der Waals surface area contributed by atoms with Crippen molar-refractivity contribution < 1.29 is 14.3 Å². The van der Waals surface area contributed by atoms with Crippen molar-refractivity contribution in [3.63, 3.8) is 0 Å². The molecular formula is C21H22ClN3O3. The van der Waals surface area contributed by atoms with E-state index in [1.54, 1.807) is 20.2 Å². The van der Waals surface area contributed by atoms with Gasteiger partial charge in [0.05, 0.1) is 7.11 Å². The van der Waals surface area contributed by atoms with Gasteiger partial charge in [-0.15, -0.1) is 0 Å². The number of fused-ring (bicyclic) bond motifs is 2. The Hall–Kier alpha value is -2.73. The van der Waals surface area contributed by atoms with Crippen LogP contribution in [0.5, 0.6) is 11.5 Å². The lowest BCUT2D eigenvalue weighted by Gasteiger charge is -2.41. The van der Waals surface area contributed by atoms with E-state index in [4.69, 9.17) is 26.8 Å². The fraction of sp³-hybridized carbons (Fsp3) is 0.333. The number of nitrogens with zero attached hydrogens (tertiary/aromatic N) is 2. The Morgan fingerprint density at radius 3 is 2.61 bits per heavy atom. The number of aliphatic imine (C=N–C) groups is 1. The lowest BCUT2D eigenvalue weighted by Crippen LogP contribution is -2.49. The average Bonchev–Trinajstić information content (AvgIpc) is 2.84. The monoisotopic (exact) mass is 399 g/mol. The van der Waals surface area contributed by atoms with Crippen LogP contribution in [0.15, 0.2) is 41.4 Å². The number of ether oxygens (including phenoxy) is 2. The van der Waals surface area contributed by atoms with Gasteiger partial charge in [0.15, 0.2) is 11.5 Å². The zero-order valence-corrected chi connectivity index (χ0v) is 17.0. The number of rotatable bonds is 2. The van der Waals surface area contributed by atoms with Crippen molar-refractivity contribution in [3.8, 4) is 22.6 Å². The number of hydrogen-bond donors (Lipinski definition) is 1. The second-order valence-electron chi connectivity index (χ2n) is 7.82. The highest BCUT2D eigenvalue weighted by Gasteiger charge is 2.55. The van der Waals surface area contributed by atoms with E-state index in [1.807, 2.05) is 44.2 Å². The maximum Gasteiger partial charge on any atom is 0.261 e. The highest BCUT2D eigenvalue weighted by atomic mass is 35.5. The molecule has 146 valence electrons. The number of methoxy groups -OCH3 is 1. The van der Waals surface area contributed by atoms with Crippen LogP contribution in [0.2, 0.25) is 5.02 Å². The van der Waals surface area contributed by atoms with Gasteiger partial charge >= 0.3 is 0 Å². The van der Waals surface area contributed by atoms with Crippen LogP contribution >= 0.6 is 11.6 Å². The summed E-state index contributed by atoms with van der Waals surface area (Å²) >= 11 is 6.24. The van der Waals surface area contributed by atoms with Crippen LogP contribution < -0.4 is 15.2 Å². The highest BCUT2D eigenvalue weighted by molar-refractivity contribution is 6.31. The van der Waals surface area contributed by atoms with Crippen LogP contribution in [0, 0.1) is 0 Å². The molecule has 0 fully saturated rings. The van der Waals surface area contributed by atoms with Crippen LogP contribution in [-0.4, -0.2) is 36.5 Å². The molecule has 1 amide bonds. The Balaban J connectivity index is 1.92. The van der Waals surface area contributed by atoms with Crippen LogP contribution in [-0.2, 0) is 10.3 Å². The molecule has 0 saturated carbocycles. The normalized spacial score (nSPS) is 22.7. The summed E-state index contributed by atoms with van der Waals surface area (Å²) in [6.45, 7) is 3.90. The molecule has 1 unspecified atom stereocenters. The van der Waals surface area contributed by atoms with Crippen molar-refractivity contribution in [3.05, 3.63) is 47.0 Å². The molecule has 1 spiro atoms. The van der Waals surface area contributed by atoms with Gasteiger partial charge in [-0.3, -0.25) is 9.69 Å². The predicted octanol–water partition coefficient (Wildman–Crippen LogP) is 3.56. The number of carbonyl (C=O) groups is 1. The smallest absolute Gasteiger partial charge is 0.261 e. The standard InChI is InChI=1S/C21H22ClN3O3/c1-20(2)11-21(18(26)25(3)19(23)24-21)16-9-12(5-6-17(16)28-20)13-7-14(22)10-15(8-13)27-4/h5-10H,11H2,1-4H3,(H2,23,24). The molecule has 7 heteroatoms. The van der Waals surface area contributed by atoms with Crippen molar-refractivity contribution in [2.45, 2.75) is 31.4 Å². The van der Waals surface area contributed by atoms with E-state index in [1.165, 1.54) is 4.90 Å². The van der Waals surface area contributed by atoms with Gasteiger partial charge in [-0.05, 0) is 55.3 Å². The summed E-state index contributed by atoms with van der Waals surface area (Å²) in [7, 11) is 3.24. The van der Waals surface area contributed by atoms with E-state index >= 15 is 0 Å². The molecule has 0 aromatic heterocycles. The summed E-state index contributed by atoms with van der Waals surface area (Å²) in [5.41, 5.74) is 6.84. The number of amides is 1. The summed E-state index contributed by atoms with van der Waals surface area (Å²) < 4.78 is 11.5. The number of halogens is 1. The number of likely N-dealkylation sites (N-methyl/N-ethyl adjacent to an activating group) is 1. The predicted molar refractivity (Wildman–Crippen MR) is 109 cm³/mol. The van der Waals surface area contributed by atoms with Crippen LogP contribution in [0.3, 0.4) is 0 Å². The van der Waals surface area contributed by atoms with Crippen molar-refractivity contribution in [1.29, 1.82) is 0 Å². The number of benzene rings is 2. The van der Waals surface area contributed by atoms with Gasteiger partial charge in [-0.25, -0.2) is 4.99 Å². The van der Waals surface area contributed by atoms with E-state index in [-0.39, 0.29) is 11.9 Å². The second kappa shape index (κ2) is 6.14. The molecule has 28 heavy (non-hydrogen) atoms. The minimum Gasteiger partial charge on any atom is -0.497 e. The Bertz CT molecular complexity index is 1020. The molecule has 2 N–H and O–H groups in total. The van der Waals surface area contributed by atoms with Gasteiger partial charge in [0.1, 0.15) is 17.1 Å². The summed E-state index contributed by atoms with van der Waals surface area (Å²) in [6, 6.07) is 11.2. The van der Waals surface area contributed by atoms with Gasteiger partial charge in [-0.1, -0.05) is 17.7 Å². The number of nitrogens with two attached hydrogens (primary N) is 1. The maximum atomic E-state index is 13.2. The Labute approximate surface area is 168 Å². The Morgan fingerprint density at radius 1 is 1.21 bits per heavy atom. The highest BCUT2D eigenvalue weighted by Crippen LogP contribution is 2.50. The van der Waals surface area contributed by atoms with Gasteiger partial charge in [-0.2, -0.15) is 0 Å². The number of carbonyl (C=O) groups excluding carboxylic acids is 1. The molecule has 0 aliphatic carbocycles. The second-order valence-corrected chi connectivity index (χ2v) is 8.26. The SMILES string of the molecule is COc1cc(Cl)cc(-c2ccc3c(c2)C2(CC(C)(C)O3)N=C(N)N(C)C2=O)c1. The first-order chi connectivity index (χ1) is 13.1. The topological polar surface area (TPSA) is 77.2 Å². The summed E-state index contributed by atoms with van der Waals surface area (Å²) in [4.78, 5) is 19.2. The molecule has 2 aromatic carbocycles. The molecule has 0 radical (unpaired) electrons. The fourth-order valence-electron chi connectivity index (χ4n) is 4.00. The first-order valence-electron chi connectivity index (χ1n) is 8.97. The molecule has 4 rings (SSSR count). The molecule has 2 aromatic rings. The van der Waals surface area contributed by atoms with Crippen molar-refractivity contribution in [1.82, 2.24) is 4.90 Å². The van der Waals surface area contributed by atoms with Gasteiger partial charge < -0.3 is 15.2 Å². The van der Waals surface area contributed by atoms with Crippen molar-refractivity contribution >= 4 is 23.5 Å². The largest absolute Gasteiger partial charge is 0.497 e. The quantitative estimate of drug-likeness (QED) is 0.837. The van der Waals surface area contributed by atoms with E-state index in [0.717, 1.165) is 11.1 Å². The molecule has 0 saturated heterocycles. The van der Waals surface area contributed by atoms with Crippen LogP contribution in [0.1, 0.15) is 25.8 Å². The van der Waals surface area contributed by atoms with E-state index < -0.39 is 11.1 Å². The van der Waals surface area contributed by atoms with E-state index in [9.17, 15) is 4.79 Å². The Kier molecular flexibility index (Phi) is 4.08. The lowest BCUT2D eigenvalue weighted by molar-refractivity contribution is -0.133. The third-order valence-corrected chi connectivity index (χ3v) is 5.46. The Morgan fingerprint density at radius 2 is 1.96 bits per heavy atom. The van der Waals surface area contributed by atoms with Crippen molar-refractivity contribution in [2.24, 2.45) is 10.7 Å². The number of hydrogen-bond acceptors (Lipinski definition) is 5. The molecular weight excluding hydrogens is 378 g/mol. The van der Waals surface area contributed by atoms with Crippen molar-refractivity contribution in [2.75, 3.05) is 14.2 Å². The van der Waals surface area contributed by atoms with Gasteiger partial charge in [0.25, 0.3) is 5.91 Å². The zero-order chi connectivity index (χ0) is 20.3. The number of guanidine groups is 1. The zero-order valence-electron chi connectivity index (χ0n) is 16.2. The lowest BCUT2D eigenvalue weighted by atomic mass is 9.77. The summed E-state index contributed by atoms with van der Waals surface area (Å²) in [6.07, 6.45) is 0.402. The molecule has 6 nitrogen and oxygen atoms in total. The van der Waals surface area contributed by atoms with Crippen LogP contribution in [0.4, 0.5) is 0 Å². The molecule has 1 atom stereocenters. The third kappa shape index (κ3) is 2.79. The van der Waals surface area contributed by atoms with Gasteiger partial charge in [0.2, 0.25) is 0 Å². The molecule has 0 bridgehead atoms. The fourth-order valence-corrected chi connectivity index (χ4v) is 4.23. The van der Waals surface area contributed by atoms with E-state index in [0.29, 0.717) is 28.5 Å². The summed E-state index contributed by atoms with van der Waals surface area (Å²) in [5.74, 6) is 1.35. The van der Waals surface area contributed by atoms with E-state index in [2.05, 4.69) is 4.99 Å². The average molecular weight is 400 g/mol.